The lowest BCUT2D eigenvalue weighted by molar-refractivity contribution is -0.138. The number of rotatable bonds is 37. The molecular weight excluding hydrogens is 1300 g/mol. The number of Topliss-reactive ketones (excluding diaryl/α,β-unsaturated/α-hetero) is 1. The molecule has 0 saturated carbocycles. The number of nitrogens with two attached hydrogens (primary N) is 1. The number of ether oxygens (including phenoxy) is 1. The number of likely N-dealkylation sites (tertiary alicyclic amines) is 1. The predicted molar refractivity (Wildman–Crippen MR) is 368 cm³/mol. The van der Waals surface area contributed by atoms with E-state index in [0.717, 1.165) is 16.3 Å². The van der Waals surface area contributed by atoms with E-state index in [2.05, 4.69) is 69.1 Å². The second-order valence-electron chi connectivity index (χ2n) is 27.7. The lowest BCUT2D eigenvalue weighted by Crippen LogP contribution is -2.63. The number of ketones is 1. The van der Waals surface area contributed by atoms with Gasteiger partial charge in [-0.2, -0.15) is 0 Å². The summed E-state index contributed by atoms with van der Waals surface area (Å²) in [4.78, 5) is 216. The molecule has 554 valence electrons. The zero-order chi connectivity index (χ0) is 75.9. The van der Waals surface area contributed by atoms with Gasteiger partial charge >= 0.3 is 0 Å². The van der Waals surface area contributed by atoms with Crippen molar-refractivity contribution in [2.45, 2.75) is 240 Å². The van der Waals surface area contributed by atoms with Gasteiger partial charge in [0.25, 0.3) is 0 Å². The van der Waals surface area contributed by atoms with E-state index < -0.39 is 160 Å². The monoisotopic (exact) mass is 1400 g/mol. The van der Waals surface area contributed by atoms with Gasteiger partial charge in [-0.1, -0.05) is 58.0 Å². The largest absolute Gasteiger partial charge is 0.496 e. The first kappa shape index (κ1) is 84.4. The topological polar surface area (TPSA) is 468 Å². The standard InChI is InChI=1S/C68H105N15O17/c1-35(2)32-49(61(95)72-37(5)54(69)88)79-65(99)68(15,16)81-58(92)41(9)73-59(93)47(23-26-52(86)70-34-43-22-25-51(100-17)46-21-19-18-20-45(43)46)76-55(89)38(6)75-64(98)67(13,14)82-62(96)50(33-36(3)4)78-60(94)48(24-27-53(87)83-30-28-44(85)29-31-83)77-56(90)39(7)74-63(97)66(11,12)80-57(91)40(8)71-42(10)84/h18-22,25,35-41,47-50H,23-24,26-34H2,1-17H3,(H2,69,88)(H,70,86)(H,71,84)(H,72,95)(H,73,93)(H,74,97)(H,75,98)(H,76,89)(H,77,90)(H,78,94)(H,79,99)(H,80,91)(H,81,92)(H,82,96)/t37-,38-,39-,40-,41-,47?,48?,49-,50-/m0/s1. The molecule has 2 unspecified atom stereocenters. The van der Waals surface area contributed by atoms with E-state index in [1.165, 1.54) is 95.1 Å². The van der Waals surface area contributed by atoms with Gasteiger partial charge in [0.1, 0.15) is 82.5 Å². The Bertz CT molecular complexity index is 3360. The van der Waals surface area contributed by atoms with Crippen molar-refractivity contribution in [3.8, 4) is 5.75 Å². The first-order chi connectivity index (χ1) is 46.4. The Morgan fingerprint density at radius 3 is 1.34 bits per heavy atom. The number of nitrogens with zero attached hydrogens (tertiary/aromatic N) is 1. The van der Waals surface area contributed by atoms with Crippen molar-refractivity contribution in [3.05, 3.63) is 42.0 Å². The summed E-state index contributed by atoms with van der Waals surface area (Å²) in [6, 6.07) is -0.978. The van der Waals surface area contributed by atoms with E-state index in [-0.39, 0.29) is 88.6 Å². The third-order valence-corrected chi connectivity index (χ3v) is 16.4. The van der Waals surface area contributed by atoms with Crippen LogP contribution in [0, 0.1) is 11.8 Å². The number of primary amides is 1. The molecular formula is C68H105N15O17. The molecule has 1 heterocycles. The summed E-state index contributed by atoms with van der Waals surface area (Å²) in [5.74, 6) is -11.5. The normalized spacial score (nSPS) is 15.2. The van der Waals surface area contributed by atoms with Gasteiger partial charge in [-0.15, -0.1) is 0 Å². The molecule has 1 aliphatic heterocycles. The molecule has 0 aromatic heterocycles. The van der Waals surface area contributed by atoms with Crippen molar-refractivity contribution in [1.82, 2.24) is 74.0 Å². The minimum absolute atomic E-state index is 0.0233. The molecule has 1 fully saturated rings. The van der Waals surface area contributed by atoms with E-state index in [0.29, 0.717) is 5.75 Å². The highest BCUT2D eigenvalue weighted by molar-refractivity contribution is 6.01. The van der Waals surface area contributed by atoms with Gasteiger partial charge < -0.3 is 84.5 Å². The van der Waals surface area contributed by atoms with Crippen molar-refractivity contribution in [3.63, 3.8) is 0 Å². The summed E-state index contributed by atoms with van der Waals surface area (Å²) in [7, 11) is 1.53. The van der Waals surface area contributed by atoms with Gasteiger partial charge in [0.2, 0.25) is 88.6 Å². The summed E-state index contributed by atoms with van der Waals surface area (Å²) in [6.45, 7) is 23.4. The second-order valence-corrected chi connectivity index (χ2v) is 27.7. The third-order valence-electron chi connectivity index (χ3n) is 16.4. The van der Waals surface area contributed by atoms with Gasteiger partial charge in [-0.3, -0.25) is 76.7 Å². The number of hydrogen-bond donors (Lipinski definition) is 14. The average Bonchev–Trinajstić information content (AvgIpc) is 0.815. The molecule has 32 heteroatoms. The Morgan fingerprint density at radius 1 is 0.470 bits per heavy atom. The van der Waals surface area contributed by atoms with Crippen LogP contribution in [0.2, 0.25) is 0 Å². The highest BCUT2D eigenvalue weighted by Gasteiger charge is 2.40. The van der Waals surface area contributed by atoms with Gasteiger partial charge in [0.05, 0.1) is 7.11 Å². The maximum Gasteiger partial charge on any atom is 0.245 e. The van der Waals surface area contributed by atoms with Crippen molar-refractivity contribution in [1.29, 1.82) is 0 Å². The van der Waals surface area contributed by atoms with Gasteiger partial charge in [-0.05, 0) is 131 Å². The Hall–Kier alpha value is -9.78. The molecule has 2 aromatic carbocycles. The van der Waals surface area contributed by atoms with Crippen LogP contribution in [-0.4, -0.2) is 190 Å². The van der Waals surface area contributed by atoms with Crippen LogP contribution in [0.15, 0.2) is 36.4 Å². The van der Waals surface area contributed by atoms with Crippen molar-refractivity contribution >= 4 is 105 Å². The first-order valence-electron chi connectivity index (χ1n) is 33.5. The Morgan fingerprint density at radius 2 is 0.870 bits per heavy atom. The number of carbonyl (C=O) groups excluding carboxylic acids is 16. The van der Waals surface area contributed by atoms with Gasteiger partial charge in [0.15, 0.2) is 0 Å². The number of amides is 15. The van der Waals surface area contributed by atoms with Crippen LogP contribution in [0.25, 0.3) is 10.8 Å². The molecule has 100 heavy (non-hydrogen) atoms. The highest BCUT2D eigenvalue weighted by atomic mass is 16.5. The molecule has 9 atom stereocenters. The lowest BCUT2D eigenvalue weighted by atomic mass is 9.98. The molecule has 15 amide bonds. The zero-order valence-electron chi connectivity index (χ0n) is 60.6. The summed E-state index contributed by atoms with van der Waals surface area (Å²) >= 11 is 0. The summed E-state index contributed by atoms with van der Waals surface area (Å²) in [5, 5.41) is 34.8. The molecule has 0 bridgehead atoms. The summed E-state index contributed by atoms with van der Waals surface area (Å²) in [5.41, 5.74) is 0.890. The molecule has 0 aliphatic carbocycles. The fourth-order valence-corrected chi connectivity index (χ4v) is 10.2. The molecule has 15 N–H and O–H groups in total. The summed E-state index contributed by atoms with van der Waals surface area (Å²) in [6.07, 6.45) is -0.942. The van der Waals surface area contributed by atoms with E-state index in [9.17, 15) is 76.7 Å². The molecule has 32 nitrogen and oxygen atoms in total. The minimum atomic E-state index is -1.85. The van der Waals surface area contributed by atoms with Gasteiger partial charge in [-0.25, -0.2) is 0 Å². The number of hydrogen-bond acceptors (Lipinski definition) is 17. The van der Waals surface area contributed by atoms with Crippen molar-refractivity contribution in [2.24, 2.45) is 17.6 Å². The Balaban J connectivity index is 1.86. The van der Waals surface area contributed by atoms with E-state index in [1.807, 2.05) is 24.3 Å². The molecule has 3 rings (SSSR count). The SMILES string of the molecule is COc1ccc(CNC(=O)CCC(NC(=O)[C@H](C)NC(=O)C(C)(C)NC(=O)[C@H](CC(C)C)NC(=O)C(CCC(=O)N2CCC(=O)CC2)NC(=O)[C@H](C)NC(=O)C(C)(C)NC(=O)[C@H](C)NC(C)=O)C(=O)N[C@@H](C)C(=O)NC(C)(C)C(=O)N[C@@H](CC(C)C)C(=O)N[C@@H](C)C(N)=O)c2ccccc12. The Labute approximate surface area is 583 Å². The van der Waals surface area contributed by atoms with Crippen LogP contribution in [0.5, 0.6) is 5.75 Å². The number of carbonyl (C=O) groups is 16. The smallest absolute Gasteiger partial charge is 0.245 e. The molecule has 0 spiro atoms. The fourth-order valence-electron chi connectivity index (χ4n) is 10.2. The van der Waals surface area contributed by atoms with Gasteiger partial charge in [0, 0.05) is 57.6 Å². The van der Waals surface area contributed by atoms with Crippen LogP contribution < -0.4 is 79.6 Å². The average molecular weight is 1400 g/mol. The first-order valence-corrected chi connectivity index (χ1v) is 33.5. The lowest BCUT2D eigenvalue weighted by Gasteiger charge is -2.31. The molecule has 1 saturated heterocycles. The number of piperidine rings is 1. The highest BCUT2D eigenvalue weighted by Crippen LogP contribution is 2.28. The predicted octanol–water partition coefficient (Wildman–Crippen LogP) is -1.04. The van der Waals surface area contributed by atoms with Crippen LogP contribution >= 0.6 is 0 Å². The molecule has 2 aromatic rings. The molecule has 0 radical (unpaired) electrons. The summed E-state index contributed by atoms with van der Waals surface area (Å²) < 4.78 is 5.50. The van der Waals surface area contributed by atoms with Crippen LogP contribution in [-0.2, 0) is 83.3 Å². The second kappa shape index (κ2) is 38.0. The number of nitrogens with one attached hydrogen (secondary N) is 13. The molecule has 1 aliphatic rings. The number of benzene rings is 2. The van der Waals surface area contributed by atoms with Crippen LogP contribution in [0.1, 0.15) is 168 Å². The zero-order valence-corrected chi connectivity index (χ0v) is 60.6. The maximum atomic E-state index is 14.4. The maximum absolute atomic E-state index is 14.4. The third kappa shape index (κ3) is 26.8. The Kier molecular flexibility index (Phi) is 32.1. The van der Waals surface area contributed by atoms with E-state index >= 15 is 0 Å². The fraction of sp³-hybridized carbons (Fsp3) is 0.618. The number of fused-ring (bicyclic) bond motifs is 1. The van der Waals surface area contributed by atoms with E-state index in [1.54, 1.807) is 39.8 Å². The number of methoxy groups -OCH3 is 1. The van der Waals surface area contributed by atoms with Crippen LogP contribution in [0.4, 0.5) is 0 Å². The quantitative estimate of drug-likeness (QED) is 0.0384. The van der Waals surface area contributed by atoms with Crippen molar-refractivity contribution in [2.75, 3.05) is 20.2 Å². The van der Waals surface area contributed by atoms with Crippen LogP contribution in [0.3, 0.4) is 0 Å². The van der Waals surface area contributed by atoms with E-state index in [4.69, 9.17) is 10.5 Å². The van der Waals surface area contributed by atoms with Crippen molar-refractivity contribution < 1.29 is 81.4 Å². The minimum Gasteiger partial charge on any atom is -0.496 e.